The molecule has 2 aliphatic rings. The summed E-state index contributed by atoms with van der Waals surface area (Å²) in [6.45, 7) is 4.05. The molecule has 160 valence electrons. The first kappa shape index (κ1) is 20.3. The summed E-state index contributed by atoms with van der Waals surface area (Å²) in [5.74, 6) is 0.623. The highest BCUT2D eigenvalue weighted by atomic mass is 16.2. The molecule has 0 radical (unpaired) electrons. The van der Waals surface area contributed by atoms with Crippen LogP contribution < -0.4 is 11.0 Å². The van der Waals surface area contributed by atoms with Crippen LogP contribution in [0.3, 0.4) is 0 Å². The van der Waals surface area contributed by atoms with Crippen molar-refractivity contribution < 1.29 is 9.59 Å². The normalized spacial score (nSPS) is 17.9. The third kappa shape index (κ3) is 4.01. The topological polar surface area (TPSA) is 102 Å². The van der Waals surface area contributed by atoms with Gasteiger partial charge in [0.15, 0.2) is 0 Å². The van der Waals surface area contributed by atoms with Gasteiger partial charge in [-0.3, -0.25) is 19.1 Å². The van der Waals surface area contributed by atoms with E-state index in [9.17, 15) is 14.4 Å². The number of carbonyl (C=O) groups is 2. The number of nitrogens with zero attached hydrogens (tertiary/aromatic N) is 5. The lowest BCUT2D eigenvalue weighted by Gasteiger charge is -2.28. The third-order valence-corrected chi connectivity index (χ3v) is 5.95. The summed E-state index contributed by atoms with van der Waals surface area (Å²) in [4.78, 5) is 43.4. The maximum absolute atomic E-state index is 12.7. The zero-order valence-electron chi connectivity index (χ0n) is 17.6. The Labute approximate surface area is 175 Å². The van der Waals surface area contributed by atoms with Crippen molar-refractivity contribution in [3.8, 4) is 0 Å². The zero-order valence-corrected chi connectivity index (χ0v) is 17.6. The van der Waals surface area contributed by atoms with Gasteiger partial charge in [-0.25, -0.2) is 9.48 Å². The molecule has 0 bridgehead atoms. The molecule has 9 nitrogen and oxygen atoms in total. The van der Waals surface area contributed by atoms with Gasteiger partial charge in [0, 0.05) is 64.4 Å². The van der Waals surface area contributed by atoms with Gasteiger partial charge in [0.2, 0.25) is 11.8 Å². The summed E-state index contributed by atoms with van der Waals surface area (Å²) in [6.07, 6.45) is 5.28. The number of amides is 2. The molecule has 1 unspecified atom stereocenters. The molecule has 0 spiro atoms. The monoisotopic (exact) mass is 412 g/mol. The molecule has 30 heavy (non-hydrogen) atoms. The van der Waals surface area contributed by atoms with E-state index in [1.54, 1.807) is 17.8 Å². The van der Waals surface area contributed by atoms with Gasteiger partial charge in [0.1, 0.15) is 5.82 Å². The molecule has 0 aliphatic carbocycles. The quantitative estimate of drug-likeness (QED) is 0.772. The van der Waals surface area contributed by atoms with Gasteiger partial charge in [-0.15, -0.1) is 0 Å². The molecule has 2 aromatic heterocycles. The molecule has 0 saturated carbocycles. The van der Waals surface area contributed by atoms with E-state index in [0.717, 1.165) is 35.5 Å². The number of fused-ring (bicyclic) bond motifs is 2. The van der Waals surface area contributed by atoms with Crippen LogP contribution in [0.2, 0.25) is 0 Å². The number of nitrogens with one attached hydrogen (secondary N) is 1. The fraction of sp³-hybridized carbons (Fsp3) is 0.571. The molecule has 2 aromatic rings. The minimum atomic E-state index is -0.243. The Kier molecular flexibility index (Phi) is 5.69. The van der Waals surface area contributed by atoms with Crippen LogP contribution in [-0.2, 0) is 49.1 Å². The molecule has 4 rings (SSSR count). The first-order valence-electron chi connectivity index (χ1n) is 10.6. The largest absolute Gasteiger partial charge is 0.352 e. The van der Waals surface area contributed by atoms with Gasteiger partial charge in [-0.2, -0.15) is 5.10 Å². The van der Waals surface area contributed by atoms with Crippen LogP contribution in [0, 0.1) is 5.92 Å². The van der Waals surface area contributed by atoms with E-state index in [-0.39, 0.29) is 23.4 Å². The average molecular weight is 412 g/mol. The molecule has 1 atom stereocenters. The van der Waals surface area contributed by atoms with Gasteiger partial charge in [0.05, 0.1) is 5.92 Å². The van der Waals surface area contributed by atoms with Crippen LogP contribution in [0.25, 0.3) is 0 Å². The summed E-state index contributed by atoms with van der Waals surface area (Å²) in [6, 6.07) is 2.04. The van der Waals surface area contributed by atoms with E-state index in [0.29, 0.717) is 45.4 Å². The van der Waals surface area contributed by atoms with Crippen molar-refractivity contribution in [3.63, 3.8) is 0 Å². The number of carbonyl (C=O) groups excluding carboxylic acids is 2. The minimum absolute atomic E-state index is 0.0612. The molecule has 0 aromatic carbocycles. The van der Waals surface area contributed by atoms with Gasteiger partial charge in [0.25, 0.3) is 0 Å². The number of aryl methyl sites for hydroxylation is 2. The Morgan fingerprint density at radius 1 is 1.30 bits per heavy atom. The molecule has 0 saturated heterocycles. The maximum atomic E-state index is 12.7. The maximum Gasteiger partial charge on any atom is 0.345 e. The van der Waals surface area contributed by atoms with Crippen LogP contribution in [0.1, 0.15) is 48.8 Å². The third-order valence-electron chi connectivity index (χ3n) is 5.95. The predicted octanol–water partition coefficient (Wildman–Crippen LogP) is 0.540. The van der Waals surface area contributed by atoms with E-state index in [2.05, 4.69) is 15.4 Å². The number of hydrogen-bond acceptors (Lipinski definition) is 5. The van der Waals surface area contributed by atoms with Crippen LogP contribution in [-0.4, -0.2) is 42.6 Å². The number of pyridine rings is 1. The summed E-state index contributed by atoms with van der Waals surface area (Å²) in [5.41, 5.74) is 2.83. The average Bonchev–Trinajstić information content (AvgIpc) is 3.04. The first-order chi connectivity index (χ1) is 14.5. The van der Waals surface area contributed by atoms with E-state index < -0.39 is 0 Å². The Bertz CT molecular complexity index is 1020. The Morgan fingerprint density at radius 3 is 2.93 bits per heavy atom. The lowest BCUT2D eigenvalue weighted by molar-refractivity contribution is -0.132. The van der Waals surface area contributed by atoms with Crippen molar-refractivity contribution in [3.05, 3.63) is 45.4 Å². The SMILES string of the molecule is CCCC(=O)N1CCc2ncc(CNC(=O)C3CCc4nn(C)c(=O)n4C3)cc2C1. The summed E-state index contributed by atoms with van der Waals surface area (Å²) in [7, 11) is 1.63. The first-order valence-corrected chi connectivity index (χ1v) is 10.6. The van der Waals surface area contributed by atoms with Crippen LogP contribution in [0.4, 0.5) is 0 Å². The number of rotatable bonds is 5. The molecule has 2 aliphatic heterocycles. The molecule has 0 fully saturated rings. The van der Waals surface area contributed by atoms with Gasteiger partial charge in [-0.05, 0) is 30.0 Å². The molecule has 2 amide bonds. The summed E-state index contributed by atoms with van der Waals surface area (Å²) < 4.78 is 2.92. The predicted molar refractivity (Wildman–Crippen MR) is 109 cm³/mol. The number of hydrogen-bond donors (Lipinski definition) is 1. The van der Waals surface area contributed by atoms with E-state index in [4.69, 9.17) is 0 Å². The van der Waals surface area contributed by atoms with Crippen molar-refractivity contribution in [2.75, 3.05) is 6.54 Å². The lowest BCUT2D eigenvalue weighted by Crippen LogP contribution is -2.38. The molecule has 9 heteroatoms. The van der Waals surface area contributed by atoms with Crippen molar-refractivity contribution in [1.82, 2.24) is 29.5 Å². The van der Waals surface area contributed by atoms with E-state index in [1.165, 1.54) is 4.68 Å². The lowest BCUT2D eigenvalue weighted by atomic mass is 9.98. The zero-order chi connectivity index (χ0) is 21.3. The highest BCUT2D eigenvalue weighted by Gasteiger charge is 2.27. The van der Waals surface area contributed by atoms with Gasteiger partial charge in [-0.1, -0.05) is 6.92 Å². The second-order valence-corrected chi connectivity index (χ2v) is 8.15. The fourth-order valence-corrected chi connectivity index (χ4v) is 4.24. The highest BCUT2D eigenvalue weighted by molar-refractivity contribution is 5.78. The standard InChI is InChI=1S/C21H28N6O3/c1-3-4-19(28)26-8-7-17-16(12-26)9-14(10-22-17)11-23-20(29)15-5-6-18-24-25(2)21(30)27(18)13-15/h9-10,15H,3-8,11-13H2,1-2H3,(H,23,29). The second kappa shape index (κ2) is 8.41. The van der Waals surface area contributed by atoms with E-state index in [1.807, 2.05) is 17.9 Å². The Morgan fingerprint density at radius 2 is 2.13 bits per heavy atom. The molecular weight excluding hydrogens is 384 g/mol. The van der Waals surface area contributed by atoms with Gasteiger partial charge >= 0.3 is 5.69 Å². The molecule has 1 N–H and O–H groups in total. The Balaban J connectivity index is 1.37. The van der Waals surface area contributed by atoms with Crippen LogP contribution >= 0.6 is 0 Å². The molecular formula is C21H28N6O3. The minimum Gasteiger partial charge on any atom is -0.352 e. The van der Waals surface area contributed by atoms with Gasteiger partial charge < -0.3 is 10.2 Å². The van der Waals surface area contributed by atoms with Crippen LogP contribution in [0.5, 0.6) is 0 Å². The van der Waals surface area contributed by atoms with Crippen LogP contribution in [0.15, 0.2) is 17.1 Å². The van der Waals surface area contributed by atoms with Crippen molar-refractivity contribution in [1.29, 1.82) is 0 Å². The van der Waals surface area contributed by atoms with Crippen molar-refractivity contribution >= 4 is 11.8 Å². The smallest absolute Gasteiger partial charge is 0.345 e. The summed E-state index contributed by atoms with van der Waals surface area (Å²) >= 11 is 0. The van der Waals surface area contributed by atoms with E-state index >= 15 is 0 Å². The fourth-order valence-electron chi connectivity index (χ4n) is 4.24. The Hall–Kier alpha value is -2.97. The second-order valence-electron chi connectivity index (χ2n) is 8.15. The molecule has 4 heterocycles. The highest BCUT2D eigenvalue weighted by Crippen LogP contribution is 2.20. The number of aromatic nitrogens is 4. The summed E-state index contributed by atoms with van der Waals surface area (Å²) in [5, 5.41) is 7.19. The van der Waals surface area contributed by atoms with Crippen molar-refractivity contribution in [2.45, 2.75) is 58.7 Å². The van der Waals surface area contributed by atoms with Crippen molar-refractivity contribution in [2.24, 2.45) is 13.0 Å².